The molecule has 0 aliphatic carbocycles. The van der Waals surface area contributed by atoms with Gasteiger partial charge in [-0.25, -0.2) is 0 Å². The first-order chi connectivity index (χ1) is 6.61. The lowest BCUT2D eigenvalue weighted by molar-refractivity contribution is 0.439. The van der Waals surface area contributed by atoms with Crippen molar-refractivity contribution in [3.63, 3.8) is 0 Å². The third kappa shape index (κ3) is 3.20. The zero-order chi connectivity index (χ0) is 10.6. The van der Waals surface area contributed by atoms with Crippen LogP contribution in [0.5, 0.6) is 0 Å². The highest BCUT2D eigenvalue weighted by Gasteiger charge is 2.02. The van der Waals surface area contributed by atoms with Crippen LogP contribution in [0.2, 0.25) is 10.0 Å². The Morgan fingerprint density at radius 2 is 1.86 bits per heavy atom. The predicted molar refractivity (Wildman–Crippen MR) is 62.3 cm³/mol. The minimum absolute atomic E-state index is 0.649. The van der Waals surface area contributed by atoms with E-state index < -0.39 is 0 Å². The normalized spacial score (nSPS) is 10.9. The molecule has 0 aliphatic rings. The highest BCUT2D eigenvalue weighted by atomic mass is 35.5. The third-order valence-electron chi connectivity index (χ3n) is 1.67. The van der Waals surface area contributed by atoms with Crippen LogP contribution in [0.15, 0.2) is 23.3 Å². The molecule has 0 aliphatic heterocycles. The van der Waals surface area contributed by atoms with Gasteiger partial charge in [0.25, 0.3) is 0 Å². The van der Waals surface area contributed by atoms with Crippen molar-refractivity contribution in [3.05, 3.63) is 33.8 Å². The lowest BCUT2D eigenvalue weighted by Gasteiger charge is -2.05. The molecule has 0 radical (unpaired) electrons. The van der Waals surface area contributed by atoms with Gasteiger partial charge in [-0.3, -0.25) is 0 Å². The van der Waals surface area contributed by atoms with E-state index >= 15 is 0 Å². The summed E-state index contributed by atoms with van der Waals surface area (Å²) < 4.78 is 0. The fourth-order valence-electron chi connectivity index (χ4n) is 1.02. The maximum Gasteiger partial charge on any atom is 0.0456 e. The Morgan fingerprint density at radius 3 is 2.36 bits per heavy atom. The number of hydrogen-bond donors (Lipinski definition) is 0. The molecule has 1 aromatic rings. The van der Waals surface area contributed by atoms with Crippen molar-refractivity contribution in [1.82, 2.24) is 5.01 Å². The van der Waals surface area contributed by atoms with Gasteiger partial charge in [-0.15, -0.1) is 0 Å². The molecule has 0 atom stereocenters. The molecule has 0 N–H and O–H groups in total. The Labute approximate surface area is 94.1 Å². The van der Waals surface area contributed by atoms with E-state index in [1.807, 2.05) is 32.3 Å². The number of halogens is 2. The smallest absolute Gasteiger partial charge is 0.0456 e. The van der Waals surface area contributed by atoms with Gasteiger partial charge in [0.1, 0.15) is 0 Å². The summed E-state index contributed by atoms with van der Waals surface area (Å²) in [5.74, 6) is 0. The summed E-state index contributed by atoms with van der Waals surface area (Å²) in [6.45, 7) is 0. The van der Waals surface area contributed by atoms with Gasteiger partial charge < -0.3 is 5.01 Å². The molecule has 0 bridgehead atoms. The van der Waals surface area contributed by atoms with Crippen molar-refractivity contribution >= 4 is 29.4 Å². The van der Waals surface area contributed by atoms with Crippen LogP contribution in [0.1, 0.15) is 5.56 Å². The fourth-order valence-corrected chi connectivity index (χ4v) is 1.57. The van der Waals surface area contributed by atoms with E-state index in [4.69, 9.17) is 23.2 Å². The summed E-state index contributed by atoms with van der Waals surface area (Å²) in [6.07, 6.45) is 2.43. The molecular formula is C10H12Cl2N2. The second-order valence-corrected chi connectivity index (χ2v) is 3.86. The molecule has 0 unspecified atom stereocenters. The van der Waals surface area contributed by atoms with E-state index in [2.05, 4.69) is 5.10 Å². The SMILES string of the molecule is CN(C)/N=C/Cc1c(Cl)cccc1Cl. The third-order valence-corrected chi connectivity index (χ3v) is 2.38. The average molecular weight is 231 g/mol. The Hall–Kier alpha value is -0.730. The van der Waals surface area contributed by atoms with Gasteiger partial charge in [0.05, 0.1) is 0 Å². The largest absolute Gasteiger partial charge is 0.303 e. The maximum absolute atomic E-state index is 5.99. The van der Waals surface area contributed by atoms with Crippen LogP contribution >= 0.6 is 23.2 Å². The monoisotopic (exact) mass is 230 g/mol. The lowest BCUT2D eigenvalue weighted by Crippen LogP contribution is -2.02. The molecule has 4 heteroatoms. The molecule has 14 heavy (non-hydrogen) atoms. The molecule has 1 aromatic carbocycles. The summed E-state index contributed by atoms with van der Waals surface area (Å²) >= 11 is 12.0. The first-order valence-electron chi connectivity index (χ1n) is 4.24. The zero-order valence-electron chi connectivity index (χ0n) is 8.17. The fraction of sp³-hybridized carbons (Fsp3) is 0.300. The van der Waals surface area contributed by atoms with Gasteiger partial charge in [-0.05, 0) is 17.7 Å². The standard InChI is InChI=1S/C10H12Cl2N2/c1-14(2)13-7-6-8-9(11)4-3-5-10(8)12/h3-5,7H,6H2,1-2H3/b13-7+. The molecule has 76 valence electrons. The van der Waals surface area contributed by atoms with Crippen LogP contribution in [0, 0.1) is 0 Å². The van der Waals surface area contributed by atoms with Crippen molar-refractivity contribution in [2.75, 3.05) is 14.1 Å². The number of benzene rings is 1. The Kier molecular flexibility index (Phi) is 4.23. The molecule has 0 heterocycles. The average Bonchev–Trinajstić information content (AvgIpc) is 2.09. The van der Waals surface area contributed by atoms with Crippen LogP contribution in [-0.4, -0.2) is 25.3 Å². The molecule has 0 saturated carbocycles. The predicted octanol–water partition coefficient (Wildman–Crippen LogP) is 3.08. The number of rotatable bonds is 3. The molecule has 0 spiro atoms. The Bertz CT molecular complexity index is 315. The summed E-state index contributed by atoms with van der Waals surface area (Å²) in [5, 5.41) is 7.19. The van der Waals surface area contributed by atoms with Gasteiger partial charge in [-0.1, -0.05) is 29.3 Å². The molecule has 0 aromatic heterocycles. The van der Waals surface area contributed by atoms with E-state index in [0.717, 1.165) is 5.56 Å². The molecule has 1 rings (SSSR count). The number of nitrogens with zero attached hydrogens (tertiary/aromatic N) is 2. The second-order valence-electron chi connectivity index (χ2n) is 3.05. The quantitative estimate of drug-likeness (QED) is 0.576. The number of hydrazone groups is 1. The first kappa shape index (κ1) is 11.3. The van der Waals surface area contributed by atoms with Gasteiger partial charge >= 0.3 is 0 Å². The minimum atomic E-state index is 0.649. The maximum atomic E-state index is 5.99. The lowest BCUT2D eigenvalue weighted by atomic mass is 10.2. The van der Waals surface area contributed by atoms with Crippen LogP contribution in [0.25, 0.3) is 0 Å². The van der Waals surface area contributed by atoms with Gasteiger partial charge in [0.15, 0.2) is 0 Å². The highest BCUT2D eigenvalue weighted by Crippen LogP contribution is 2.23. The van der Waals surface area contributed by atoms with E-state index in [0.29, 0.717) is 16.5 Å². The van der Waals surface area contributed by atoms with E-state index in [-0.39, 0.29) is 0 Å². The van der Waals surface area contributed by atoms with Crippen LogP contribution in [-0.2, 0) is 6.42 Å². The van der Waals surface area contributed by atoms with Crippen molar-refractivity contribution < 1.29 is 0 Å². The van der Waals surface area contributed by atoms with Crippen molar-refractivity contribution in [1.29, 1.82) is 0 Å². The molecule has 0 saturated heterocycles. The number of hydrogen-bond acceptors (Lipinski definition) is 2. The highest BCUT2D eigenvalue weighted by molar-refractivity contribution is 6.36. The van der Waals surface area contributed by atoms with E-state index in [1.54, 1.807) is 11.2 Å². The summed E-state index contributed by atoms with van der Waals surface area (Å²) in [6, 6.07) is 5.48. The molecule has 2 nitrogen and oxygen atoms in total. The molecule has 0 amide bonds. The summed E-state index contributed by atoms with van der Waals surface area (Å²) in [5.41, 5.74) is 0.918. The van der Waals surface area contributed by atoms with Gasteiger partial charge in [0.2, 0.25) is 0 Å². The zero-order valence-corrected chi connectivity index (χ0v) is 9.68. The Morgan fingerprint density at radius 1 is 1.29 bits per heavy atom. The van der Waals surface area contributed by atoms with Gasteiger partial charge in [0, 0.05) is 36.8 Å². The van der Waals surface area contributed by atoms with Crippen LogP contribution in [0.3, 0.4) is 0 Å². The van der Waals surface area contributed by atoms with Gasteiger partial charge in [-0.2, -0.15) is 5.10 Å². The van der Waals surface area contributed by atoms with E-state index in [9.17, 15) is 0 Å². The minimum Gasteiger partial charge on any atom is -0.303 e. The van der Waals surface area contributed by atoms with Crippen LogP contribution in [0.4, 0.5) is 0 Å². The summed E-state index contributed by atoms with van der Waals surface area (Å²) in [7, 11) is 3.73. The van der Waals surface area contributed by atoms with Crippen molar-refractivity contribution in [2.24, 2.45) is 5.10 Å². The first-order valence-corrected chi connectivity index (χ1v) is 4.99. The molecular weight excluding hydrogens is 219 g/mol. The summed E-state index contributed by atoms with van der Waals surface area (Å²) in [4.78, 5) is 0. The van der Waals surface area contributed by atoms with E-state index in [1.165, 1.54) is 0 Å². The molecule has 0 fully saturated rings. The van der Waals surface area contributed by atoms with Crippen molar-refractivity contribution in [2.45, 2.75) is 6.42 Å². The second kappa shape index (κ2) is 5.23. The Balaban J connectivity index is 2.76. The van der Waals surface area contributed by atoms with Crippen LogP contribution < -0.4 is 0 Å². The van der Waals surface area contributed by atoms with Crippen molar-refractivity contribution in [3.8, 4) is 0 Å². The topological polar surface area (TPSA) is 15.6 Å².